The quantitative estimate of drug-likeness (QED) is 0.456. The Kier molecular flexibility index (Phi) is 8.04. The summed E-state index contributed by atoms with van der Waals surface area (Å²) in [6.45, 7) is 5.89. The molecule has 0 radical (unpaired) electrons. The van der Waals surface area contributed by atoms with Crippen LogP contribution in [0.25, 0.3) is 0 Å². The molecule has 150 valence electrons. The molecular weight excluding hydrogens is 360 g/mol. The summed E-state index contributed by atoms with van der Waals surface area (Å²) in [6.07, 6.45) is 1.14. The van der Waals surface area contributed by atoms with Gasteiger partial charge in [0.1, 0.15) is 31.3 Å². The van der Waals surface area contributed by atoms with Gasteiger partial charge in [0.2, 0.25) is 0 Å². The van der Waals surface area contributed by atoms with Gasteiger partial charge in [-0.1, -0.05) is 30.8 Å². The highest BCUT2D eigenvalue weighted by atomic mass is 16.5. The van der Waals surface area contributed by atoms with Crippen molar-refractivity contribution in [3.63, 3.8) is 0 Å². The lowest BCUT2D eigenvalue weighted by Crippen LogP contribution is -2.31. The highest BCUT2D eigenvalue weighted by molar-refractivity contribution is 5.81. The highest BCUT2D eigenvalue weighted by Crippen LogP contribution is 2.34. The van der Waals surface area contributed by atoms with Crippen molar-refractivity contribution in [2.45, 2.75) is 12.3 Å². The van der Waals surface area contributed by atoms with Gasteiger partial charge in [0.25, 0.3) is 0 Å². The second-order valence-electron chi connectivity index (χ2n) is 6.34. The van der Waals surface area contributed by atoms with E-state index in [2.05, 4.69) is 6.58 Å². The zero-order chi connectivity index (χ0) is 20.4. The Bertz CT molecular complexity index is 700. The van der Waals surface area contributed by atoms with Gasteiger partial charge in [-0.3, -0.25) is 0 Å². The maximum Gasteiger partial charge on any atom is 0.330 e. The fraction of sp³-hybridized carbons (Fsp3) is 0.318. The van der Waals surface area contributed by atoms with Gasteiger partial charge in [0.15, 0.2) is 0 Å². The summed E-state index contributed by atoms with van der Waals surface area (Å²) in [5.74, 6) is 0.809. The standard InChI is InChI=1S/C22H26O6/c1-3-21(25)28-16-22(2,17-4-8-19(9-5-17)26-14-12-23)18-6-10-20(11-7-18)27-15-13-24/h3-11,23-24H,1,12-16H2,2H3. The smallest absolute Gasteiger partial charge is 0.330 e. The van der Waals surface area contributed by atoms with Crippen LogP contribution in [0, 0.1) is 0 Å². The van der Waals surface area contributed by atoms with Crippen LogP contribution in [0.1, 0.15) is 18.1 Å². The third kappa shape index (κ3) is 5.58. The maximum absolute atomic E-state index is 11.6. The van der Waals surface area contributed by atoms with Crippen LogP contribution < -0.4 is 9.47 Å². The van der Waals surface area contributed by atoms with Crippen molar-refractivity contribution in [1.29, 1.82) is 0 Å². The van der Waals surface area contributed by atoms with Crippen LogP contribution in [-0.2, 0) is 14.9 Å². The average molecular weight is 386 g/mol. The number of hydrogen-bond acceptors (Lipinski definition) is 6. The van der Waals surface area contributed by atoms with E-state index in [4.69, 9.17) is 24.4 Å². The van der Waals surface area contributed by atoms with Gasteiger partial charge < -0.3 is 24.4 Å². The molecule has 0 amide bonds. The van der Waals surface area contributed by atoms with Crippen LogP contribution in [0.2, 0.25) is 0 Å². The van der Waals surface area contributed by atoms with E-state index in [1.54, 1.807) is 0 Å². The summed E-state index contributed by atoms with van der Waals surface area (Å²) in [5.41, 5.74) is 1.26. The first-order chi connectivity index (χ1) is 13.5. The van der Waals surface area contributed by atoms with E-state index in [0.717, 1.165) is 17.2 Å². The molecule has 0 aromatic heterocycles. The van der Waals surface area contributed by atoms with Gasteiger partial charge in [-0.05, 0) is 42.3 Å². The van der Waals surface area contributed by atoms with E-state index in [1.807, 2.05) is 55.5 Å². The molecule has 0 aliphatic heterocycles. The van der Waals surface area contributed by atoms with E-state index in [0.29, 0.717) is 11.5 Å². The summed E-state index contributed by atoms with van der Waals surface area (Å²) in [4.78, 5) is 11.6. The number of aliphatic hydroxyl groups excluding tert-OH is 2. The van der Waals surface area contributed by atoms with E-state index in [9.17, 15) is 4.79 Å². The maximum atomic E-state index is 11.6. The van der Waals surface area contributed by atoms with Gasteiger partial charge in [0.05, 0.1) is 18.6 Å². The topological polar surface area (TPSA) is 85.2 Å². The minimum Gasteiger partial charge on any atom is -0.491 e. The van der Waals surface area contributed by atoms with Crippen molar-refractivity contribution in [1.82, 2.24) is 0 Å². The lowest BCUT2D eigenvalue weighted by molar-refractivity contribution is -0.139. The molecule has 0 saturated heterocycles. The van der Waals surface area contributed by atoms with Crippen LogP contribution in [-0.4, -0.2) is 49.2 Å². The molecule has 0 spiro atoms. The van der Waals surface area contributed by atoms with Crippen molar-refractivity contribution in [3.05, 3.63) is 72.3 Å². The lowest BCUT2D eigenvalue weighted by Gasteiger charge is -2.30. The summed E-state index contributed by atoms with van der Waals surface area (Å²) >= 11 is 0. The fourth-order valence-electron chi connectivity index (χ4n) is 2.77. The van der Waals surface area contributed by atoms with Crippen LogP contribution in [0.4, 0.5) is 0 Å². The molecule has 2 rings (SSSR count). The van der Waals surface area contributed by atoms with E-state index in [-0.39, 0.29) is 33.0 Å². The molecule has 2 aromatic rings. The van der Waals surface area contributed by atoms with Crippen LogP contribution in [0.15, 0.2) is 61.2 Å². The highest BCUT2D eigenvalue weighted by Gasteiger charge is 2.31. The number of esters is 1. The third-order valence-electron chi connectivity index (χ3n) is 4.37. The zero-order valence-electron chi connectivity index (χ0n) is 16.0. The van der Waals surface area contributed by atoms with E-state index >= 15 is 0 Å². The summed E-state index contributed by atoms with van der Waals surface area (Å²) < 4.78 is 16.2. The molecule has 2 aromatic carbocycles. The van der Waals surface area contributed by atoms with Crippen molar-refractivity contribution >= 4 is 5.97 Å². The first-order valence-corrected chi connectivity index (χ1v) is 9.01. The van der Waals surface area contributed by atoms with Crippen molar-refractivity contribution < 1.29 is 29.2 Å². The summed E-state index contributed by atoms with van der Waals surface area (Å²) in [5, 5.41) is 17.8. The molecule has 2 N–H and O–H groups in total. The molecule has 0 fully saturated rings. The van der Waals surface area contributed by atoms with Gasteiger partial charge in [-0.25, -0.2) is 4.79 Å². The molecule has 6 nitrogen and oxygen atoms in total. The second kappa shape index (κ2) is 10.5. The van der Waals surface area contributed by atoms with Crippen molar-refractivity contribution in [2.75, 3.05) is 33.0 Å². The predicted molar refractivity (Wildman–Crippen MR) is 106 cm³/mol. The number of benzene rings is 2. The van der Waals surface area contributed by atoms with Gasteiger partial charge in [-0.2, -0.15) is 0 Å². The van der Waals surface area contributed by atoms with Crippen molar-refractivity contribution in [2.24, 2.45) is 0 Å². The molecule has 28 heavy (non-hydrogen) atoms. The number of aliphatic hydroxyl groups is 2. The van der Waals surface area contributed by atoms with Crippen molar-refractivity contribution in [3.8, 4) is 11.5 Å². The van der Waals surface area contributed by atoms with Crippen LogP contribution in [0.5, 0.6) is 11.5 Å². The van der Waals surface area contributed by atoms with Crippen LogP contribution in [0.3, 0.4) is 0 Å². The molecular formula is C22H26O6. The first-order valence-electron chi connectivity index (χ1n) is 9.01. The Morgan fingerprint density at radius 2 is 1.36 bits per heavy atom. The Hall–Kier alpha value is -2.83. The fourth-order valence-corrected chi connectivity index (χ4v) is 2.77. The molecule has 0 atom stereocenters. The summed E-state index contributed by atoms with van der Waals surface area (Å²) in [7, 11) is 0. The lowest BCUT2D eigenvalue weighted by atomic mass is 9.77. The van der Waals surface area contributed by atoms with Gasteiger partial charge in [0, 0.05) is 6.08 Å². The number of hydrogen-bond donors (Lipinski definition) is 2. The third-order valence-corrected chi connectivity index (χ3v) is 4.37. The largest absolute Gasteiger partial charge is 0.491 e. The predicted octanol–water partition coefficient (Wildman–Crippen LogP) is 2.46. The number of rotatable bonds is 11. The Morgan fingerprint density at radius 1 is 0.929 bits per heavy atom. The SMILES string of the molecule is C=CC(=O)OCC(C)(c1ccc(OCCO)cc1)c1ccc(OCCO)cc1. The molecule has 0 aliphatic rings. The van der Waals surface area contributed by atoms with E-state index < -0.39 is 11.4 Å². The number of carbonyl (C=O) groups is 1. The molecule has 0 aliphatic carbocycles. The Morgan fingerprint density at radius 3 is 1.71 bits per heavy atom. The van der Waals surface area contributed by atoms with Gasteiger partial charge >= 0.3 is 5.97 Å². The van der Waals surface area contributed by atoms with Crippen LogP contribution >= 0.6 is 0 Å². The second-order valence-corrected chi connectivity index (χ2v) is 6.34. The molecule has 0 bridgehead atoms. The zero-order valence-corrected chi connectivity index (χ0v) is 16.0. The average Bonchev–Trinajstić information content (AvgIpc) is 2.75. The number of carbonyl (C=O) groups excluding carboxylic acids is 1. The molecule has 6 heteroatoms. The monoisotopic (exact) mass is 386 g/mol. The Balaban J connectivity index is 2.31. The molecule has 0 saturated carbocycles. The normalized spacial score (nSPS) is 11.0. The van der Waals surface area contributed by atoms with E-state index in [1.165, 1.54) is 0 Å². The molecule has 0 unspecified atom stereocenters. The minimum absolute atomic E-state index is 0.0539. The van der Waals surface area contributed by atoms with Gasteiger partial charge in [-0.15, -0.1) is 0 Å². The Labute approximate surface area is 165 Å². The molecule has 0 heterocycles. The minimum atomic E-state index is -0.607. The number of ether oxygens (including phenoxy) is 3. The first kappa shape index (κ1) is 21.5. The summed E-state index contributed by atoms with van der Waals surface area (Å²) in [6, 6.07) is 14.9.